The first-order valence-corrected chi connectivity index (χ1v) is 8.60. The second-order valence-electron chi connectivity index (χ2n) is 5.76. The summed E-state index contributed by atoms with van der Waals surface area (Å²) in [5.74, 6) is 1.02. The Hall–Kier alpha value is -2.73. The molecule has 0 bridgehead atoms. The molecule has 5 nitrogen and oxygen atoms in total. The lowest BCUT2D eigenvalue weighted by atomic mass is 9.99. The molecule has 0 radical (unpaired) electrons. The molecule has 24 heavy (non-hydrogen) atoms. The van der Waals surface area contributed by atoms with Crippen LogP contribution in [0.4, 0.5) is 0 Å². The van der Waals surface area contributed by atoms with Crippen LogP contribution in [0.1, 0.15) is 18.2 Å². The molecule has 2 aromatic heterocycles. The predicted octanol–water partition coefficient (Wildman–Crippen LogP) is 3.46. The number of thiophene rings is 1. The van der Waals surface area contributed by atoms with E-state index < -0.39 is 0 Å². The molecule has 3 aromatic rings. The first-order chi connectivity index (χ1) is 11.7. The second kappa shape index (κ2) is 6.05. The van der Waals surface area contributed by atoms with Gasteiger partial charge in [0, 0.05) is 30.3 Å². The van der Waals surface area contributed by atoms with Gasteiger partial charge in [0.2, 0.25) is 5.91 Å². The minimum absolute atomic E-state index is 0.0241. The van der Waals surface area contributed by atoms with Crippen LogP contribution in [-0.4, -0.2) is 21.2 Å². The summed E-state index contributed by atoms with van der Waals surface area (Å²) in [6.45, 7) is 2.03. The van der Waals surface area contributed by atoms with Crippen molar-refractivity contribution in [2.75, 3.05) is 0 Å². The highest BCUT2D eigenvalue weighted by Gasteiger charge is 2.23. The van der Waals surface area contributed by atoms with Gasteiger partial charge in [-0.25, -0.2) is 10.4 Å². The number of nitrogens with one attached hydrogen (secondary N) is 1. The zero-order valence-electron chi connectivity index (χ0n) is 13.1. The molecular weight excluding hydrogens is 320 g/mol. The van der Waals surface area contributed by atoms with E-state index in [1.165, 1.54) is 0 Å². The van der Waals surface area contributed by atoms with E-state index in [1.54, 1.807) is 11.3 Å². The van der Waals surface area contributed by atoms with Crippen molar-refractivity contribution in [1.29, 1.82) is 0 Å². The van der Waals surface area contributed by atoms with Gasteiger partial charge >= 0.3 is 0 Å². The van der Waals surface area contributed by atoms with Crippen molar-refractivity contribution in [3.8, 4) is 16.4 Å². The van der Waals surface area contributed by atoms with Gasteiger partial charge in [0.15, 0.2) is 0 Å². The summed E-state index contributed by atoms with van der Waals surface area (Å²) in [6, 6.07) is 14.2. The Morgan fingerprint density at radius 2 is 2.04 bits per heavy atom. The van der Waals surface area contributed by atoms with E-state index in [1.807, 2.05) is 37.5 Å². The number of carbonyl (C=O) groups excluding carboxylic acids is 1. The van der Waals surface area contributed by atoms with Gasteiger partial charge in [0.05, 0.1) is 10.6 Å². The van der Waals surface area contributed by atoms with E-state index in [0.717, 1.165) is 27.0 Å². The fourth-order valence-corrected chi connectivity index (χ4v) is 3.92. The highest BCUT2D eigenvalue weighted by atomic mass is 32.1. The molecule has 0 fully saturated rings. The maximum Gasteiger partial charge on any atom is 0.240 e. The summed E-state index contributed by atoms with van der Waals surface area (Å²) in [4.78, 5) is 17.0. The largest absolute Gasteiger partial charge is 0.291 e. The fourth-order valence-electron chi connectivity index (χ4n) is 2.83. The molecule has 1 aliphatic rings. The summed E-state index contributed by atoms with van der Waals surface area (Å²) < 4.78 is 2.08. The number of amides is 1. The lowest BCUT2D eigenvalue weighted by molar-refractivity contribution is -0.121. The van der Waals surface area contributed by atoms with E-state index in [0.29, 0.717) is 6.42 Å². The van der Waals surface area contributed by atoms with Gasteiger partial charge in [-0.05, 0) is 12.1 Å². The topological polar surface area (TPSA) is 59.3 Å². The third-order valence-corrected chi connectivity index (χ3v) is 5.12. The Morgan fingerprint density at radius 1 is 1.21 bits per heavy atom. The van der Waals surface area contributed by atoms with Crippen molar-refractivity contribution < 1.29 is 4.79 Å². The minimum atomic E-state index is -0.0241. The van der Waals surface area contributed by atoms with Crippen molar-refractivity contribution in [2.45, 2.75) is 13.3 Å². The van der Waals surface area contributed by atoms with Gasteiger partial charge in [0.1, 0.15) is 10.8 Å². The first-order valence-electron chi connectivity index (χ1n) is 7.78. The van der Waals surface area contributed by atoms with Crippen LogP contribution in [0.25, 0.3) is 16.4 Å². The highest BCUT2D eigenvalue weighted by molar-refractivity contribution is 7.16. The summed E-state index contributed by atoms with van der Waals surface area (Å²) >= 11 is 1.65. The maximum absolute atomic E-state index is 11.4. The molecule has 120 valence electrons. The zero-order valence-corrected chi connectivity index (χ0v) is 14.0. The Kier molecular flexibility index (Phi) is 3.74. The summed E-state index contributed by atoms with van der Waals surface area (Å²) in [5.41, 5.74) is 4.59. The molecule has 3 heterocycles. The van der Waals surface area contributed by atoms with Crippen LogP contribution in [0, 0.1) is 5.92 Å². The lowest BCUT2D eigenvalue weighted by Crippen LogP contribution is -2.31. The molecule has 0 saturated heterocycles. The van der Waals surface area contributed by atoms with E-state index in [2.05, 4.69) is 44.3 Å². The molecule has 1 unspecified atom stereocenters. The fraction of sp³-hybridized carbons (Fsp3) is 0.167. The minimum Gasteiger partial charge on any atom is -0.291 e. The van der Waals surface area contributed by atoms with Crippen molar-refractivity contribution in [3.63, 3.8) is 0 Å². The van der Waals surface area contributed by atoms with Crippen LogP contribution in [0.3, 0.4) is 0 Å². The molecule has 1 aromatic carbocycles. The maximum atomic E-state index is 11.4. The van der Waals surface area contributed by atoms with Gasteiger partial charge in [-0.3, -0.25) is 9.36 Å². The summed E-state index contributed by atoms with van der Waals surface area (Å²) in [7, 11) is 0. The number of hydrazone groups is 1. The Balaban J connectivity index is 1.70. The number of aromatic nitrogens is 2. The number of carbonyl (C=O) groups is 1. The number of hydrogen-bond donors (Lipinski definition) is 1. The van der Waals surface area contributed by atoms with Crippen LogP contribution < -0.4 is 5.43 Å². The van der Waals surface area contributed by atoms with Gasteiger partial charge in [-0.15, -0.1) is 11.3 Å². The van der Waals surface area contributed by atoms with E-state index >= 15 is 0 Å². The molecule has 1 N–H and O–H groups in total. The average Bonchev–Trinajstić information content (AvgIpc) is 3.24. The third kappa shape index (κ3) is 2.65. The Bertz CT molecular complexity index is 910. The van der Waals surface area contributed by atoms with Gasteiger partial charge < -0.3 is 0 Å². The quantitative estimate of drug-likeness (QED) is 0.796. The van der Waals surface area contributed by atoms with Crippen LogP contribution in [0.15, 0.2) is 60.0 Å². The normalized spacial score (nSPS) is 17.5. The molecule has 0 spiro atoms. The molecule has 6 heteroatoms. The van der Waals surface area contributed by atoms with Crippen LogP contribution in [-0.2, 0) is 4.79 Å². The predicted molar refractivity (Wildman–Crippen MR) is 95.3 cm³/mol. The molecule has 1 atom stereocenters. The van der Waals surface area contributed by atoms with E-state index in [4.69, 9.17) is 0 Å². The van der Waals surface area contributed by atoms with Gasteiger partial charge in [0.25, 0.3) is 0 Å². The summed E-state index contributed by atoms with van der Waals surface area (Å²) in [6.07, 6.45) is 4.25. The second-order valence-corrected chi connectivity index (χ2v) is 6.82. The van der Waals surface area contributed by atoms with Crippen LogP contribution in [0.2, 0.25) is 0 Å². The molecule has 1 aliphatic heterocycles. The van der Waals surface area contributed by atoms with Crippen LogP contribution in [0.5, 0.6) is 0 Å². The monoisotopic (exact) mass is 336 g/mol. The standard InChI is InChI=1S/C18H16N4OS/c1-12-11-15(23)20-21-17(12)14-7-8-16(24-14)22-10-9-19-18(22)13-5-3-2-4-6-13/h2-10,12H,11H2,1H3,(H,20,23). The Labute approximate surface area is 143 Å². The highest BCUT2D eigenvalue weighted by Crippen LogP contribution is 2.29. The Morgan fingerprint density at radius 3 is 2.83 bits per heavy atom. The lowest BCUT2D eigenvalue weighted by Gasteiger charge is -2.17. The molecule has 1 amide bonds. The number of rotatable bonds is 3. The smallest absolute Gasteiger partial charge is 0.240 e. The van der Waals surface area contributed by atoms with Crippen molar-refractivity contribution in [2.24, 2.45) is 11.0 Å². The van der Waals surface area contributed by atoms with Crippen molar-refractivity contribution in [3.05, 3.63) is 59.7 Å². The number of benzene rings is 1. The van der Waals surface area contributed by atoms with Gasteiger partial charge in [-0.1, -0.05) is 37.3 Å². The van der Waals surface area contributed by atoms with E-state index in [-0.39, 0.29) is 11.8 Å². The molecule has 0 saturated carbocycles. The number of hydrogen-bond acceptors (Lipinski definition) is 4. The van der Waals surface area contributed by atoms with E-state index in [9.17, 15) is 4.79 Å². The first kappa shape index (κ1) is 14.8. The van der Waals surface area contributed by atoms with Crippen molar-refractivity contribution >= 4 is 23.0 Å². The average molecular weight is 336 g/mol. The zero-order chi connectivity index (χ0) is 16.5. The molecule has 0 aliphatic carbocycles. The number of nitrogens with zero attached hydrogens (tertiary/aromatic N) is 3. The number of imidazole rings is 1. The third-order valence-electron chi connectivity index (χ3n) is 4.01. The van der Waals surface area contributed by atoms with Gasteiger partial charge in [-0.2, -0.15) is 5.10 Å². The summed E-state index contributed by atoms with van der Waals surface area (Å²) in [5, 5.41) is 5.32. The molecule has 4 rings (SSSR count). The van der Waals surface area contributed by atoms with Crippen molar-refractivity contribution in [1.82, 2.24) is 15.0 Å². The molecular formula is C18H16N4OS. The SMILES string of the molecule is CC1CC(=O)NN=C1c1ccc(-n2ccnc2-c2ccccc2)s1. The van der Waals surface area contributed by atoms with Crippen LogP contribution >= 0.6 is 11.3 Å².